The lowest BCUT2D eigenvalue weighted by Crippen LogP contribution is -2.14. The second kappa shape index (κ2) is 9.22. The van der Waals surface area contributed by atoms with Crippen molar-refractivity contribution in [3.05, 3.63) is 87.3 Å². The van der Waals surface area contributed by atoms with Crippen LogP contribution in [0.15, 0.2) is 65.6 Å². The van der Waals surface area contributed by atoms with Crippen LogP contribution in [0.1, 0.15) is 20.8 Å². The molecule has 0 radical (unpaired) electrons. The predicted octanol–water partition coefficient (Wildman–Crippen LogP) is 4.82. The van der Waals surface area contributed by atoms with Gasteiger partial charge in [0.2, 0.25) is 5.75 Å². The molecule has 0 aliphatic carbocycles. The predicted molar refractivity (Wildman–Crippen MR) is 129 cm³/mol. The first kappa shape index (κ1) is 22.2. The van der Waals surface area contributed by atoms with Crippen LogP contribution in [0, 0.1) is 6.92 Å². The lowest BCUT2D eigenvalue weighted by atomic mass is 10.1. The number of aromatic hydroxyl groups is 1. The Morgan fingerprint density at radius 2 is 1.82 bits per heavy atom. The Labute approximate surface area is 194 Å². The monoisotopic (exact) mass is 462 g/mol. The van der Waals surface area contributed by atoms with Gasteiger partial charge in [-0.25, -0.2) is 4.79 Å². The van der Waals surface area contributed by atoms with E-state index in [4.69, 9.17) is 9.47 Å². The van der Waals surface area contributed by atoms with E-state index in [9.17, 15) is 14.7 Å². The molecule has 2 aromatic heterocycles. The second-order valence-corrected chi connectivity index (χ2v) is 8.56. The third-order valence-corrected chi connectivity index (χ3v) is 6.10. The zero-order valence-corrected chi connectivity index (χ0v) is 19.1. The highest BCUT2D eigenvalue weighted by Crippen LogP contribution is 2.37. The number of nitrogens with zero attached hydrogens (tertiary/aromatic N) is 1. The largest absolute Gasteiger partial charge is 0.502 e. The summed E-state index contributed by atoms with van der Waals surface area (Å²) < 4.78 is 11.8. The minimum absolute atomic E-state index is 0.106. The van der Waals surface area contributed by atoms with E-state index >= 15 is 0 Å². The average Bonchev–Trinajstić information content (AvgIpc) is 3.43. The van der Waals surface area contributed by atoms with Crippen LogP contribution in [-0.4, -0.2) is 34.7 Å². The Balaban J connectivity index is 1.61. The van der Waals surface area contributed by atoms with Crippen LogP contribution in [0.5, 0.6) is 17.2 Å². The summed E-state index contributed by atoms with van der Waals surface area (Å²) in [5.41, 5.74) is 2.10. The van der Waals surface area contributed by atoms with Crippen molar-refractivity contribution in [3.63, 3.8) is 0 Å². The number of aryl methyl sites for hydroxylation is 1. The van der Waals surface area contributed by atoms with E-state index in [0.29, 0.717) is 16.8 Å². The molecular formula is C25H22N2O5S. The number of allylic oxidation sites excluding steroid dienone is 1. The topological polar surface area (TPSA) is 93.6 Å². The molecule has 0 amide bonds. The maximum Gasteiger partial charge on any atom is 0.330 e. The van der Waals surface area contributed by atoms with E-state index in [1.165, 1.54) is 24.9 Å². The minimum atomic E-state index is -0.278. The van der Waals surface area contributed by atoms with E-state index < -0.39 is 0 Å². The molecule has 0 aliphatic heterocycles. The number of ether oxygens (including phenoxy) is 2. The van der Waals surface area contributed by atoms with Gasteiger partial charge in [-0.2, -0.15) is 0 Å². The highest BCUT2D eigenvalue weighted by atomic mass is 32.1. The number of ketones is 1. The van der Waals surface area contributed by atoms with Gasteiger partial charge in [0, 0.05) is 16.6 Å². The molecule has 0 spiro atoms. The summed E-state index contributed by atoms with van der Waals surface area (Å²) in [6.07, 6.45) is 4.77. The fourth-order valence-corrected chi connectivity index (χ4v) is 4.21. The Bertz CT molecular complexity index is 1390. The maximum absolute atomic E-state index is 12.8. The first-order valence-electron chi connectivity index (χ1n) is 10.1. The molecule has 4 rings (SSSR count). The highest BCUT2D eigenvalue weighted by molar-refractivity contribution is 7.15. The number of rotatable bonds is 7. The first-order valence-corrected chi connectivity index (χ1v) is 10.9. The average molecular weight is 463 g/mol. The fourth-order valence-electron chi connectivity index (χ4n) is 3.38. The van der Waals surface area contributed by atoms with Gasteiger partial charge in [0.1, 0.15) is 0 Å². The zero-order chi connectivity index (χ0) is 23.5. The number of imidazole rings is 1. The number of aromatic nitrogens is 2. The summed E-state index contributed by atoms with van der Waals surface area (Å²) in [7, 11) is 2.87. The first-order chi connectivity index (χ1) is 15.9. The van der Waals surface area contributed by atoms with Crippen LogP contribution < -0.4 is 15.2 Å². The van der Waals surface area contributed by atoms with Crippen molar-refractivity contribution in [2.45, 2.75) is 6.92 Å². The molecule has 2 N–H and O–H groups in total. The number of carbonyl (C=O) groups is 1. The van der Waals surface area contributed by atoms with Crippen molar-refractivity contribution in [1.29, 1.82) is 0 Å². The molecule has 0 atom stereocenters. The number of H-pyrrole nitrogens is 1. The quantitative estimate of drug-likeness (QED) is 0.303. The zero-order valence-electron chi connectivity index (χ0n) is 18.3. The SMILES string of the molecule is COc1cc(/C=C/C(=O)c2cccc(-n3cc(-c4ccc(C)s4)[nH]c3=O)c2)cc(OC)c1O. The summed E-state index contributed by atoms with van der Waals surface area (Å²) in [6.45, 7) is 2.01. The second-order valence-electron chi connectivity index (χ2n) is 7.28. The smallest absolute Gasteiger partial charge is 0.330 e. The number of phenolic OH excluding ortho intramolecular Hbond substituents is 1. The van der Waals surface area contributed by atoms with Crippen molar-refractivity contribution < 1.29 is 19.4 Å². The van der Waals surface area contributed by atoms with Gasteiger partial charge in [0.15, 0.2) is 17.3 Å². The summed E-state index contributed by atoms with van der Waals surface area (Å²) in [4.78, 5) is 30.3. The standard InChI is InChI=1S/C25H22N2O5S/c1-15-7-10-23(33-15)19-14-27(25(30)26-19)18-6-4-5-17(13-18)20(28)9-8-16-11-21(31-2)24(29)22(12-16)32-3/h4-14,29H,1-3H3,(H,26,30)/b9-8+. The molecule has 2 aromatic carbocycles. The van der Waals surface area contributed by atoms with Gasteiger partial charge in [-0.05, 0) is 55.0 Å². The van der Waals surface area contributed by atoms with Gasteiger partial charge in [0.25, 0.3) is 0 Å². The molecule has 0 bridgehead atoms. The van der Waals surface area contributed by atoms with Gasteiger partial charge in [0.05, 0.1) is 30.5 Å². The summed E-state index contributed by atoms with van der Waals surface area (Å²) in [5, 5.41) is 10.0. The number of carbonyl (C=O) groups excluding carboxylic acids is 1. The number of aromatic amines is 1. The van der Waals surface area contributed by atoms with E-state index in [0.717, 1.165) is 15.4 Å². The van der Waals surface area contributed by atoms with Crippen LogP contribution in [-0.2, 0) is 0 Å². The van der Waals surface area contributed by atoms with Gasteiger partial charge < -0.3 is 19.6 Å². The lowest BCUT2D eigenvalue weighted by molar-refractivity contribution is 0.104. The van der Waals surface area contributed by atoms with E-state index in [1.54, 1.807) is 60.0 Å². The summed E-state index contributed by atoms with van der Waals surface area (Å²) in [5.74, 6) is 0.143. The number of phenols is 1. The number of methoxy groups -OCH3 is 2. The minimum Gasteiger partial charge on any atom is -0.502 e. The Kier molecular flexibility index (Phi) is 6.19. The fraction of sp³-hybridized carbons (Fsp3) is 0.120. The van der Waals surface area contributed by atoms with Crippen LogP contribution in [0.25, 0.3) is 22.3 Å². The lowest BCUT2D eigenvalue weighted by Gasteiger charge is -2.09. The molecular weight excluding hydrogens is 440 g/mol. The molecule has 0 aliphatic rings. The molecule has 8 heteroatoms. The van der Waals surface area contributed by atoms with E-state index in [2.05, 4.69) is 4.98 Å². The number of hydrogen-bond acceptors (Lipinski definition) is 6. The van der Waals surface area contributed by atoms with Crippen LogP contribution >= 0.6 is 11.3 Å². The maximum atomic E-state index is 12.8. The number of nitrogens with one attached hydrogen (secondary N) is 1. The van der Waals surface area contributed by atoms with E-state index in [-0.39, 0.29) is 28.7 Å². The molecule has 168 valence electrons. The van der Waals surface area contributed by atoms with Crippen LogP contribution in [0.3, 0.4) is 0 Å². The van der Waals surface area contributed by atoms with Gasteiger partial charge in [-0.15, -0.1) is 11.3 Å². The molecule has 4 aromatic rings. The van der Waals surface area contributed by atoms with Gasteiger partial charge >= 0.3 is 5.69 Å². The summed E-state index contributed by atoms with van der Waals surface area (Å²) in [6, 6.07) is 14.0. The van der Waals surface area contributed by atoms with Crippen LogP contribution in [0.4, 0.5) is 0 Å². The van der Waals surface area contributed by atoms with Crippen molar-refractivity contribution >= 4 is 23.2 Å². The van der Waals surface area contributed by atoms with Crippen molar-refractivity contribution in [2.75, 3.05) is 14.2 Å². The van der Waals surface area contributed by atoms with Gasteiger partial charge in [-0.1, -0.05) is 18.2 Å². The Morgan fingerprint density at radius 1 is 1.09 bits per heavy atom. The normalized spacial score (nSPS) is 11.1. The van der Waals surface area contributed by atoms with Crippen molar-refractivity contribution in [3.8, 4) is 33.5 Å². The third-order valence-electron chi connectivity index (χ3n) is 5.06. The molecule has 2 heterocycles. The number of hydrogen-bond donors (Lipinski definition) is 2. The number of thiophene rings is 1. The number of benzene rings is 2. The molecule has 0 saturated heterocycles. The third kappa shape index (κ3) is 4.61. The molecule has 0 saturated carbocycles. The van der Waals surface area contributed by atoms with E-state index in [1.807, 2.05) is 19.1 Å². The summed E-state index contributed by atoms with van der Waals surface area (Å²) >= 11 is 1.60. The van der Waals surface area contributed by atoms with Gasteiger partial charge in [-0.3, -0.25) is 9.36 Å². The molecule has 0 fully saturated rings. The van der Waals surface area contributed by atoms with Crippen LogP contribution in [0.2, 0.25) is 0 Å². The highest BCUT2D eigenvalue weighted by Gasteiger charge is 2.12. The molecule has 0 unspecified atom stereocenters. The van der Waals surface area contributed by atoms with Crippen molar-refractivity contribution in [2.24, 2.45) is 0 Å². The Hall–Kier alpha value is -4.04. The van der Waals surface area contributed by atoms with Crippen molar-refractivity contribution in [1.82, 2.24) is 9.55 Å². The Morgan fingerprint density at radius 3 is 2.45 bits per heavy atom. The molecule has 7 nitrogen and oxygen atoms in total. The molecule has 33 heavy (non-hydrogen) atoms.